The number of anilines is 1. The Bertz CT molecular complexity index is 503. The second kappa shape index (κ2) is 3.52. The molecule has 7 nitrogen and oxygen atoms in total. The van der Waals surface area contributed by atoms with E-state index < -0.39 is 17.9 Å². The molecular formula is C10H13N3O4. The molecule has 1 saturated carbocycles. The highest BCUT2D eigenvalue weighted by Gasteiger charge is 2.64. The summed E-state index contributed by atoms with van der Waals surface area (Å²) < 4.78 is 6.85. The SMILES string of the molecule is Nc1ccn(C2C3OC(CO)C(O)C32)c(=O)n1. The fourth-order valence-electron chi connectivity index (χ4n) is 2.53. The largest absolute Gasteiger partial charge is 0.394 e. The predicted octanol–water partition coefficient (Wildman–Crippen LogP) is -1.88. The van der Waals surface area contributed by atoms with Gasteiger partial charge in [-0.1, -0.05) is 0 Å². The van der Waals surface area contributed by atoms with Gasteiger partial charge < -0.3 is 20.7 Å². The Labute approximate surface area is 96.5 Å². The Morgan fingerprint density at radius 3 is 2.88 bits per heavy atom. The van der Waals surface area contributed by atoms with Crippen LogP contribution >= 0.6 is 0 Å². The topological polar surface area (TPSA) is 111 Å². The summed E-state index contributed by atoms with van der Waals surface area (Å²) in [6.45, 7) is -0.213. The molecule has 0 spiro atoms. The molecule has 2 fully saturated rings. The fraction of sp³-hybridized carbons (Fsp3) is 0.600. The second-order valence-corrected chi connectivity index (χ2v) is 4.42. The number of ether oxygens (including phenoxy) is 1. The van der Waals surface area contributed by atoms with Crippen LogP contribution in [0.2, 0.25) is 0 Å². The lowest BCUT2D eigenvalue weighted by molar-refractivity contribution is -0.0370. The van der Waals surface area contributed by atoms with Crippen molar-refractivity contribution < 1.29 is 14.9 Å². The number of nitrogens with zero attached hydrogens (tertiary/aromatic N) is 2. The summed E-state index contributed by atoms with van der Waals surface area (Å²) in [6.07, 6.45) is 0.0564. The highest BCUT2D eigenvalue weighted by atomic mass is 16.5. The number of rotatable bonds is 2. The van der Waals surface area contributed by atoms with E-state index in [2.05, 4.69) is 4.98 Å². The zero-order valence-electron chi connectivity index (χ0n) is 8.93. The van der Waals surface area contributed by atoms with E-state index >= 15 is 0 Å². The van der Waals surface area contributed by atoms with Gasteiger partial charge in [0.25, 0.3) is 0 Å². The third-order valence-electron chi connectivity index (χ3n) is 3.43. The molecule has 0 bridgehead atoms. The van der Waals surface area contributed by atoms with Crippen LogP contribution in [-0.4, -0.2) is 44.7 Å². The smallest absolute Gasteiger partial charge is 0.349 e. The van der Waals surface area contributed by atoms with Crippen molar-refractivity contribution in [2.75, 3.05) is 12.3 Å². The first kappa shape index (κ1) is 10.7. The van der Waals surface area contributed by atoms with Crippen LogP contribution in [0.4, 0.5) is 5.82 Å². The minimum absolute atomic E-state index is 0.143. The van der Waals surface area contributed by atoms with Crippen molar-refractivity contribution in [3.8, 4) is 0 Å². The van der Waals surface area contributed by atoms with Crippen molar-refractivity contribution >= 4 is 5.82 Å². The van der Waals surface area contributed by atoms with Gasteiger partial charge in [-0.15, -0.1) is 0 Å². The maximum absolute atomic E-state index is 11.6. The molecule has 0 amide bonds. The standard InChI is InChI=1S/C10H13N3O4/c11-5-1-2-13(10(16)12-5)7-6-8(15)4(3-14)17-9(6)7/h1-2,4,6-9,14-15H,3H2,(H2,11,12,16). The van der Waals surface area contributed by atoms with E-state index in [-0.39, 0.29) is 30.5 Å². The lowest BCUT2D eigenvalue weighted by Gasteiger charge is -2.17. The third-order valence-corrected chi connectivity index (χ3v) is 3.43. The summed E-state index contributed by atoms with van der Waals surface area (Å²) in [5.41, 5.74) is 4.95. The van der Waals surface area contributed by atoms with Crippen LogP contribution in [0.15, 0.2) is 17.1 Å². The normalized spacial score (nSPS) is 39.1. The predicted molar refractivity (Wildman–Crippen MR) is 57.2 cm³/mol. The Kier molecular flexibility index (Phi) is 2.22. The molecule has 7 heteroatoms. The number of nitrogen functional groups attached to an aromatic ring is 1. The van der Waals surface area contributed by atoms with E-state index in [0.717, 1.165) is 0 Å². The first-order valence-electron chi connectivity index (χ1n) is 5.42. The summed E-state index contributed by atoms with van der Waals surface area (Å²) in [5.74, 6) is 0.0297. The van der Waals surface area contributed by atoms with Gasteiger partial charge in [0.2, 0.25) is 0 Å². The fourth-order valence-corrected chi connectivity index (χ4v) is 2.53. The zero-order chi connectivity index (χ0) is 12.2. The van der Waals surface area contributed by atoms with Gasteiger partial charge in [-0.3, -0.25) is 4.57 Å². The molecule has 5 atom stereocenters. The van der Waals surface area contributed by atoms with E-state index in [0.29, 0.717) is 0 Å². The van der Waals surface area contributed by atoms with Gasteiger partial charge in [0.15, 0.2) is 0 Å². The van der Waals surface area contributed by atoms with Crippen molar-refractivity contribution in [3.05, 3.63) is 22.7 Å². The molecule has 4 N–H and O–H groups in total. The molecule has 0 radical (unpaired) electrons. The van der Waals surface area contributed by atoms with Gasteiger partial charge in [0.05, 0.1) is 24.9 Å². The lowest BCUT2D eigenvalue weighted by atomic mass is 10.1. The number of aliphatic hydroxyl groups excluding tert-OH is 2. The Morgan fingerprint density at radius 1 is 1.59 bits per heavy atom. The monoisotopic (exact) mass is 239 g/mol. The summed E-state index contributed by atoms with van der Waals surface area (Å²) in [5, 5.41) is 18.8. The van der Waals surface area contributed by atoms with Crippen molar-refractivity contribution in [2.45, 2.75) is 24.4 Å². The van der Waals surface area contributed by atoms with Crippen LogP contribution in [0.1, 0.15) is 6.04 Å². The van der Waals surface area contributed by atoms with E-state index in [1.165, 1.54) is 10.6 Å². The number of hydrogen-bond acceptors (Lipinski definition) is 6. The van der Waals surface area contributed by atoms with Crippen LogP contribution in [-0.2, 0) is 4.74 Å². The van der Waals surface area contributed by atoms with Gasteiger partial charge in [-0.05, 0) is 6.07 Å². The molecule has 2 heterocycles. The molecule has 5 unspecified atom stereocenters. The summed E-state index contributed by atoms with van der Waals surface area (Å²) in [4.78, 5) is 15.2. The first-order valence-corrected chi connectivity index (χ1v) is 5.42. The van der Waals surface area contributed by atoms with E-state index in [1.807, 2.05) is 0 Å². The number of aliphatic hydroxyl groups is 2. The average molecular weight is 239 g/mol. The molecule has 1 aliphatic carbocycles. The first-order chi connectivity index (χ1) is 8.13. The van der Waals surface area contributed by atoms with E-state index in [4.69, 9.17) is 15.6 Å². The Balaban J connectivity index is 1.84. The molecule has 2 aliphatic rings. The minimum atomic E-state index is -0.737. The van der Waals surface area contributed by atoms with Gasteiger partial charge in [0, 0.05) is 12.1 Å². The number of fused-ring (bicyclic) bond motifs is 1. The number of nitrogens with two attached hydrogens (primary N) is 1. The average Bonchev–Trinajstić information content (AvgIpc) is 2.89. The van der Waals surface area contributed by atoms with Crippen LogP contribution in [0, 0.1) is 5.92 Å². The Hall–Kier alpha value is -1.44. The molecule has 1 saturated heterocycles. The highest BCUT2D eigenvalue weighted by molar-refractivity contribution is 5.25. The minimum Gasteiger partial charge on any atom is -0.394 e. The molecule has 0 aromatic carbocycles. The van der Waals surface area contributed by atoms with E-state index in [9.17, 15) is 9.90 Å². The van der Waals surface area contributed by atoms with Crippen LogP contribution in [0.5, 0.6) is 0 Å². The van der Waals surface area contributed by atoms with Crippen LogP contribution in [0.3, 0.4) is 0 Å². The molecule has 3 rings (SSSR count). The van der Waals surface area contributed by atoms with Crippen molar-refractivity contribution in [2.24, 2.45) is 5.92 Å². The molecule has 92 valence electrons. The molecular weight excluding hydrogens is 226 g/mol. The molecule has 1 aliphatic heterocycles. The highest BCUT2D eigenvalue weighted by Crippen LogP contribution is 2.54. The number of aromatic nitrogens is 2. The van der Waals surface area contributed by atoms with Gasteiger partial charge in [0.1, 0.15) is 11.9 Å². The van der Waals surface area contributed by atoms with Gasteiger partial charge >= 0.3 is 5.69 Å². The molecule has 17 heavy (non-hydrogen) atoms. The summed E-state index contributed by atoms with van der Waals surface area (Å²) in [7, 11) is 0. The van der Waals surface area contributed by atoms with Crippen LogP contribution in [0.25, 0.3) is 0 Å². The van der Waals surface area contributed by atoms with Crippen molar-refractivity contribution in [1.29, 1.82) is 0 Å². The summed E-state index contributed by atoms with van der Waals surface area (Å²) in [6, 6.07) is 1.33. The lowest BCUT2D eigenvalue weighted by Crippen LogP contribution is -2.33. The summed E-state index contributed by atoms with van der Waals surface area (Å²) >= 11 is 0. The second-order valence-electron chi connectivity index (χ2n) is 4.42. The van der Waals surface area contributed by atoms with Crippen molar-refractivity contribution in [3.63, 3.8) is 0 Å². The maximum Gasteiger partial charge on any atom is 0.349 e. The quantitative estimate of drug-likeness (QED) is 0.557. The van der Waals surface area contributed by atoms with Gasteiger partial charge in [-0.2, -0.15) is 4.98 Å². The van der Waals surface area contributed by atoms with Gasteiger partial charge in [-0.25, -0.2) is 4.79 Å². The molecule has 1 aromatic heterocycles. The zero-order valence-corrected chi connectivity index (χ0v) is 8.93. The van der Waals surface area contributed by atoms with Crippen LogP contribution < -0.4 is 11.4 Å². The number of hydrogen-bond donors (Lipinski definition) is 3. The Morgan fingerprint density at radius 2 is 2.35 bits per heavy atom. The van der Waals surface area contributed by atoms with Crippen molar-refractivity contribution in [1.82, 2.24) is 9.55 Å². The third kappa shape index (κ3) is 1.47. The van der Waals surface area contributed by atoms with E-state index in [1.54, 1.807) is 6.20 Å². The maximum atomic E-state index is 11.6. The molecule has 1 aromatic rings.